The number of ether oxygens (including phenoxy) is 2. The summed E-state index contributed by atoms with van der Waals surface area (Å²) < 4.78 is 12.2. The molecule has 1 N–H and O–H groups in total. The highest BCUT2D eigenvalue weighted by Gasteiger charge is 2.33. The number of benzene rings is 3. The van der Waals surface area contributed by atoms with Gasteiger partial charge in [-0.05, 0) is 48.9 Å². The van der Waals surface area contributed by atoms with E-state index in [9.17, 15) is 9.59 Å². The maximum Gasteiger partial charge on any atom is 0.249 e. The quantitative estimate of drug-likeness (QED) is 0.326. The molecule has 0 fully saturated rings. The highest BCUT2D eigenvalue weighted by molar-refractivity contribution is 6.01. The number of nitrogens with zero attached hydrogens (tertiary/aromatic N) is 4. The molecule has 186 valence electrons. The molecule has 0 bridgehead atoms. The summed E-state index contributed by atoms with van der Waals surface area (Å²) >= 11 is 0. The van der Waals surface area contributed by atoms with Crippen molar-refractivity contribution < 1.29 is 19.1 Å². The van der Waals surface area contributed by atoms with Crippen LogP contribution in [0.4, 0.5) is 5.69 Å². The number of aromatic nitrogens is 3. The van der Waals surface area contributed by atoms with Crippen molar-refractivity contribution in [1.29, 1.82) is 0 Å². The molecule has 0 spiro atoms. The molecule has 0 saturated carbocycles. The first-order valence-corrected chi connectivity index (χ1v) is 11.8. The third-order valence-corrected chi connectivity index (χ3v) is 5.63. The second kappa shape index (κ2) is 11.9. The third-order valence-electron chi connectivity index (χ3n) is 5.63. The summed E-state index contributed by atoms with van der Waals surface area (Å²) in [6.07, 6.45) is 0. The normalized spacial score (nSPS) is 11.7. The first kappa shape index (κ1) is 24.9. The van der Waals surface area contributed by atoms with E-state index in [0.717, 1.165) is 5.52 Å². The van der Waals surface area contributed by atoms with Crippen LogP contribution in [0.3, 0.4) is 0 Å². The Hall–Kier alpha value is -4.24. The third kappa shape index (κ3) is 5.69. The summed E-state index contributed by atoms with van der Waals surface area (Å²) in [6, 6.07) is 22.9. The highest BCUT2D eigenvalue weighted by atomic mass is 16.5. The minimum atomic E-state index is -0.929. The lowest BCUT2D eigenvalue weighted by Gasteiger charge is -2.31. The number of nitrogens with one attached hydrogen (secondary N) is 1. The molecule has 4 rings (SSSR count). The molecule has 9 nitrogen and oxygen atoms in total. The van der Waals surface area contributed by atoms with Crippen LogP contribution in [0, 0.1) is 0 Å². The Labute approximate surface area is 209 Å². The number of carbonyl (C=O) groups is 2. The Kier molecular flexibility index (Phi) is 8.25. The molecule has 4 aromatic rings. The van der Waals surface area contributed by atoms with Crippen molar-refractivity contribution in [1.82, 2.24) is 20.3 Å². The summed E-state index contributed by atoms with van der Waals surface area (Å²) in [5, 5.41) is 11.2. The molecular weight excluding hydrogens is 458 g/mol. The number of anilines is 1. The number of para-hydroxylation sites is 2. The van der Waals surface area contributed by atoms with Crippen LogP contribution in [0.25, 0.3) is 11.0 Å². The van der Waals surface area contributed by atoms with Gasteiger partial charge < -0.3 is 14.8 Å². The van der Waals surface area contributed by atoms with Crippen molar-refractivity contribution in [2.75, 3.05) is 31.8 Å². The minimum absolute atomic E-state index is 0.0890. The Morgan fingerprint density at radius 3 is 2.44 bits per heavy atom. The summed E-state index contributed by atoms with van der Waals surface area (Å²) in [4.78, 5) is 28.9. The number of carbonyl (C=O) groups excluding carboxylic acids is 2. The van der Waals surface area contributed by atoms with Gasteiger partial charge in [-0.1, -0.05) is 47.7 Å². The lowest BCUT2D eigenvalue weighted by molar-refractivity contribution is -0.127. The van der Waals surface area contributed by atoms with Crippen molar-refractivity contribution in [2.45, 2.75) is 19.5 Å². The van der Waals surface area contributed by atoms with Crippen LogP contribution in [-0.2, 0) is 20.9 Å². The zero-order chi connectivity index (χ0) is 25.3. The van der Waals surface area contributed by atoms with Crippen molar-refractivity contribution in [3.8, 4) is 5.75 Å². The monoisotopic (exact) mass is 487 g/mol. The van der Waals surface area contributed by atoms with Gasteiger partial charge in [0.2, 0.25) is 11.8 Å². The van der Waals surface area contributed by atoms with Crippen LogP contribution < -0.4 is 15.0 Å². The molecule has 1 aromatic heterocycles. The van der Waals surface area contributed by atoms with Gasteiger partial charge in [-0.15, -0.1) is 5.10 Å². The lowest BCUT2D eigenvalue weighted by Crippen LogP contribution is -2.46. The highest BCUT2D eigenvalue weighted by Crippen LogP contribution is 2.30. The Morgan fingerprint density at radius 1 is 1.00 bits per heavy atom. The van der Waals surface area contributed by atoms with Gasteiger partial charge in [0.05, 0.1) is 18.7 Å². The molecule has 1 heterocycles. The minimum Gasteiger partial charge on any atom is -0.494 e. The maximum absolute atomic E-state index is 13.9. The summed E-state index contributed by atoms with van der Waals surface area (Å²) in [6.45, 7) is 3.01. The fourth-order valence-electron chi connectivity index (χ4n) is 3.97. The molecule has 3 aromatic carbocycles. The van der Waals surface area contributed by atoms with Crippen LogP contribution in [0.2, 0.25) is 0 Å². The van der Waals surface area contributed by atoms with E-state index in [-0.39, 0.29) is 18.4 Å². The number of amides is 2. The average molecular weight is 488 g/mol. The summed E-state index contributed by atoms with van der Waals surface area (Å²) in [7, 11) is 1.57. The molecule has 0 unspecified atom stereocenters. The van der Waals surface area contributed by atoms with Gasteiger partial charge in [-0.25, -0.2) is 4.68 Å². The molecule has 0 saturated heterocycles. The number of methoxy groups -OCH3 is 1. The molecular formula is C27H29N5O4. The van der Waals surface area contributed by atoms with E-state index >= 15 is 0 Å². The molecule has 36 heavy (non-hydrogen) atoms. The van der Waals surface area contributed by atoms with E-state index in [1.54, 1.807) is 48.2 Å². The Bertz CT molecular complexity index is 1290. The van der Waals surface area contributed by atoms with E-state index in [2.05, 4.69) is 15.6 Å². The second-order valence-electron chi connectivity index (χ2n) is 8.02. The Balaban J connectivity index is 1.74. The van der Waals surface area contributed by atoms with Crippen molar-refractivity contribution >= 4 is 28.5 Å². The number of hydrogen-bond donors (Lipinski definition) is 1. The van der Waals surface area contributed by atoms with Gasteiger partial charge in [0.1, 0.15) is 23.9 Å². The molecule has 0 aliphatic rings. The standard InChI is InChI=1S/C27H29N5O4/c1-3-36-22-15-13-20(14-16-22)26(27(34)28-17-18-35-2)32(21-9-5-4-6-10-21)25(33)19-31-24-12-8-7-11-23(24)29-30-31/h4-16,26H,3,17-19H2,1-2H3,(H,28,34)/t26-/m0/s1. The van der Waals surface area contributed by atoms with Gasteiger partial charge in [0, 0.05) is 19.3 Å². The fourth-order valence-corrected chi connectivity index (χ4v) is 3.97. The first-order valence-electron chi connectivity index (χ1n) is 11.8. The van der Waals surface area contributed by atoms with Crippen LogP contribution in [0.1, 0.15) is 18.5 Å². The summed E-state index contributed by atoms with van der Waals surface area (Å²) in [5.41, 5.74) is 2.67. The number of fused-ring (bicyclic) bond motifs is 1. The predicted octanol–water partition coefficient (Wildman–Crippen LogP) is 3.37. The zero-order valence-corrected chi connectivity index (χ0v) is 20.3. The van der Waals surface area contributed by atoms with Gasteiger partial charge in [-0.2, -0.15) is 0 Å². The average Bonchev–Trinajstić information content (AvgIpc) is 3.31. The maximum atomic E-state index is 13.9. The van der Waals surface area contributed by atoms with E-state index in [1.165, 1.54) is 4.90 Å². The summed E-state index contributed by atoms with van der Waals surface area (Å²) in [5.74, 6) is 0.0564. The van der Waals surface area contributed by atoms with Gasteiger partial charge in [0.25, 0.3) is 0 Å². The SMILES string of the molecule is CCOc1ccc([C@@H](C(=O)NCCOC)N(C(=O)Cn2nnc3ccccc32)c2ccccc2)cc1. The van der Waals surface area contributed by atoms with Crippen molar-refractivity contribution in [3.63, 3.8) is 0 Å². The van der Waals surface area contributed by atoms with Gasteiger partial charge in [0.15, 0.2) is 0 Å². The molecule has 2 amide bonds. The van der Waals surface area contributed by atoms with Crippen LogP contribution in [-0.4, -0.2) is 53.7 Å². The molecule has 9 heteroatoms. The van der Waals surface area contributed by atoms with Crippen molar-refractivity contribution in [2.24, 2.45) is 0 Å². The smallest absolute Gasteiger partial charge is 0.249 e. The van der Waals surface area contributed by atoms with Gasteiger partial charge in [-0.3, -0.25) is 14.5 Å². The molecule has 0 aliphatic heterocycles. The molecule has 0 aliphatic carbocycles. The van der Waals surface area contributed by atoms with E-state index in [4.69, 9.17) is 9.47 Å². The molecule has 1 atom stereocenters. The topological polar surface area (TPSA) is 98.6 Å². The first-order chi connectivity index (χ1) is 17.6. The van der Waals surface area contributed by atoms with Crippen LogP contribution in [0.15, 0.2) is 78.9 Å². The molecule has 0 radical (unpaired) electrons. The zero-order valence-electron chi connectivity index (χ0n) is 20.3. The van der Waals surface area contributed by atoms with Crippen LogP contribution >= 0.6 is 0 Å². The number of hydrogen-bond acceptors (Lipinski definition) is 6. The largest absolute Gasteiger partial charge is 0.494 e. The van der Waals surface area contributed by atoms with E-state index < -0.39 is 6.04 Å². The predicted molar refractivity (Wildman–Crippen MR) is 137 cm³/mol. The van der Waals surface area contributed by atoms with Crippen molar-refractivity contribution in [3.05, 3.63) is 84.4 Å². The number of rotatable bonds is 11. The van der Waals surface area contributed by atoms with E-state index in [1.807, 2.05) is 49.4 Å². The van der Waals surface area contributed by atoms with Crippen LogP contribution in [0.5, 0.6) is 5.75 Å². The van der Waals surface area contributed by atoms with E-state index in [0.29, 0.717) is 42.3 Å². The van der Waals surface area contributed by atoms with Gasteiger partial charge >= 0.3 is 0 Å². The lowest BCUT2D eigenvalue weighted by atomic mass is 10.0. The Morgan fingerprint density at radius 2 is 1.72 bits per heavy atom. The fraction of sp³-hybridized carbons (Fsp3) is 0.259. The second-order valence-corrected chi connectivity index (χ2v) is 8.02.